The lowest BCUT2D eigenvalue weighted by Crippen LogP contribution is -2.25. The second-order valence-electron chi connectivity index (χ2n) is 3.52. The number of nitrogens with one attached hydrogen (secondary N) is 2. The highest BCUT2D eigenvalue weighted by Crippen LogP contribution is 2.28. The van der Waals surface area contributed by atoms with Gasteiger partial charge in [-0.25, -0.2) is 18.9 Å². The molecule has 10 heteroatoms. The van der Waals surface area contributed by atoms with Crippen molar-refractivity contribution in [1.29, 1.82) is 0 Å². The van der Waals surface area contributed by atoms with E-state index in [2.05, 4.69) is 35.3 Å². The number of hydrogen-bond acceptors (Lipinski definition) is 6. The summed E-state index contributed by atoms with van der Waals surface area (Å²) in [6.45, 7) is 1.14. The first kappa shape index (κ1) is 17.2. The Hall–Kier alpha value is -0.810. The maximum absolute atomic E-state index is 11.7. The summed E-state index contributed by atoms with van der Waals surface area (Å²) >= 11 is 1.78. The Bertz CT molecular complexity index is 438. The van der Waals surface area contributed by atoms with Crippen molar-refractivity contribution in [3.63, 3.8) is 0 Å². The molecule has 0 aliphatic heterocycles. The molecule has 114 valence electrons. The number of rotatable bonds is 10. The number of aromatic nitrogens is 2. The number of anilines is 1. The Labute approximate surface area is 128 Å². The van der Waals surface area contributed by atoms with Crippen LogP contribution in [0.4, 0.5) is 5.82 Å². The second kappa shape index (κ2) is 10.00. The smallest absolute Gasteiger partial charge is 0.233 e. The first-order valence-electron chi connectivity index (χ1n) is 5.84. The van der Waals surface area contributed by atoms with Crippen molar-refractivity contribution in [3.05, 3.63) is 10.8 Å². The first-order valence-corrected chi connectivity index (χ1v) is 7.78. The van der Waals surface area contributed by atoms with Crippen LogP contribution >= 0.6 is 15.9 Å². The standard InChI is InChI=1S/C10H17BrN4O4S/c1-18-5-2-3-14-20(17)15-9-8(11)10(13-7-12-9)19-6-4-16/h7,14,16H,2-6H2,1H3,(H,12,13,15). The zero-order valence-corrected chi connectivity index (χ0v) is 13.4. The lowest BCUT2D eigenvalue weighted by molar-refractivity contribution is 0.195. The zero-order chi connectivity index (χ0) is 14.8. The van der Waals surface area contributed by atoms with E-state index in [9.17, 15) is 4.21 Å². The van der Waals surface area contributed by atoms with Crippen molar-refractivity contribution >= 4 is 32.9 Å². The monoisotopic (exact) mass is 368 g/mol. The summed E-state index contributed by atoms with van der Waals surface area (Å²) < 4.78 is 27.7. The van der Waals surface area contributed by atoms with Gasteiger partial charge in [0, 0.05) is 20.3 Å². The third kappa shape index (κ3) is 6.09. The number of ether oxygens (including phenoxy) is 2. The highest BCUT2D eigenvalue weighted by Gasteiger charge is 2.11. The molecule has 0 aliphatic rings. The van der Waals surface area contributed by atoms with Gasteiger partial charge in [0.15, 0.2) is 17.0 Å². The van der Waals surface area contributed by atoms with Crippen LogP contribution in [0.5, 0.6) is 5.88 Å². The molecule has 1 aromatic heterocycles. The predicted molar refractivity (Wildman–Crippen MR) is 78.6 cm³/mol. The molecule has 0 amide bonds. The van der Waals surface area contributed by atoms with Crippen molar-refractivity contribution in [2.24, 2.45) is 0 Å². The van der Waals surface area contributed by atoms with Crippen LogP contribution in [0, 0.1) is 0 Å². The molecular formula is C10H17BrN4O4S. The summed E-state index contributed by atoms with van der Waals surface area (Å²) in [6, 6.07) is 0. The van der Waals surface area contributed by atoms with Gasteiger partial charge >= 0.3 is 0 Å². The molecule has 8 nitrogen and oxygen atoms in total. The molecule has 1 rings (SSSR count). The van der Waals surface area contributed by atoms with Gasteiger partial charge in [0.1, 0.15) is 17.4 Å². The Balaban J connectivity index is 2.52. The van der Waals surface area contributed by atoms with E-state index in [1.165, 1.54) is 6.33 Å². The predicted octanol–water partition coefficient (Wildman–Crippen LogP) is 0.227. The highest BCUT2D eigenvalue weighted by molar-refractivity contribution is 9.10. The number of halogens is 1. The number of aliphatic hydroxyl groups is 1. The molecule has 20 heavy (non-hydrogen) atoms. The van der Waals surface area contributed by atoms with Gasteiger partial charge in [-0.3, -0.25) is 4.72 Å². The van der Waals surface area contributed by atoms with Gasteiger partial charge in [0.05, 0.1) is 6.61 Å². The number of methoxy groups -OCH3 is 1. The first-order chi connectivity index (χ1) is 9.69. The van der Waals surface area contributed by atoms with E-state index in [-0.39, 0.29) is 19.1 Å². The molecule has 1 aromatic rings. The fourth-order valence-corrected chi connectivity index (χ4v) is 2.45. The van der Waals surface area contributed by atoms with E-state index in [0.717, 1.165) is 6.42 Å². The van der Waals surface area contributed by atoms with E-state index >= 15 is 0 Å². The molecule has 1 atom stereocenters. The lowest BCUT2D eigenvalue weighted by atomic mass is 10.5. The topological polar surface area (TPSA) is 106 Å². The number of nitrogens with zero attached hydrogens (tertiary/aromatic N) is 2. The molecule has 0 aliphatic carbocycles. The van der Waals surface area contributed by atoms with Gasteiger partial charge in [0.2, 0.25) is 5.88 Å². The van der Waals surface area contributed by atoms with Crippen molar-refractivity contribution in [2.45, 2.75) is 6.42 Å². The minimum atomic E-state index is -1.48. The minimum Gasteiger partial charge on any atom is -0.474 e. The Morgan fingerprint density at radius 1 is 1.45 bits per heavy atom. The molecule has 0 radical (unpaired) electrons. The maximum atomic E-state index is 11.7. The lowest BCUT2D eigenvalue weighted by Gasteiger charge is -2.10. The van der Waals surface area contributed by atoms with E-state index in [1.54, 1.807) is 7.11 Å². The molecule has 0 saturated heterocycles. The van der Waals surface area contributed by atoms with Crippen molar-refractivity contribution in [3.8, 4) is 5.88 Å². The molecule has 0 saturated carbocycles. The van der Waals surface area contributed by atoms with Crippen molar-refractivity contribution < 1.29 is 18.8 Å². The largest absolute Gasteiger partial charge is 0.474 e. The van der Waals surface area contributed by atoms with Crippen LogP contribution < -0.4 is 14.2 Å². The van der Waals surface area contributed by atoms with Gasteiger partial charge in [-0.1, -0.05) is 0 Å². The summed E-state index contributed by atoms with van der Waals surface area (Å²) in [6.07, 6.45) is 2.03. The van der Waals surface area contributed by atoms with E-state index in [0.29, 0.717) is 23.4 Å². The fraction of sp³-hybridized carbons (Fsp3) is 0.600. The van der Waals surface area contributed by atoms with Gasteiger partial charge < -0.3 is 14.6 Å². The van der Waals surface area contributed by atoms with Crippen LogP contribution in [0.1, 0.15) is 6.42 Å². The van der Waals surface area contributed by atoms with Crippen LogP contribution in [0.15, 0.2) is 10.8 Å². The van der Waals surface area contributed by atoms with Crippen molar-refractivity contribution in [2.75, 3.05) is 38.2 Å². The molecule has 0 spiro atoms. The van der Waals surface area contributed by atoms with Gasteiger partial charge in [-0.05, 0) is 22.4 Å². The summed E-state index contributed by atoms with van der Waals surface area (Å²) in [5.41, 5.74) is 0. The average Bonchev–Trinajstić information content (AvgIpc) is 2.44. The van der Waals surface area contributed by atoms with Crippen LogP contribution in [0.25, 0.3) is 0 Å². The molecule has 0 aromatic carbocycles. The summed E-state index contributed by atoms with van der Waals surface area (Å²) in [5.74, 6) is 0.610. The third-order valence-electron chi connectivity index (χ3n) is 2.04. The molecule has 1 heterocycles. The van der Waals surface area contributed by atoms with Gasteiger partial charge in [-0.15, -0.1) is 0 Å². The molecule has 1 unspecified atom stereocenters. The second-order valence-corrected chi connectivity index (χ2v) is 5.35. The maximum Gasteiger partial charge on any atom is 0.233 e. The average molecular weight is 369 g/mol. The van der Waals surface area contributed by atoms with Crippen LogP contribution in [-0.4, -0.2) is 52.8 Å². The van der Waals surface area contributed by atoms with Gasteiger partial charge in [-0.2, -0.15) is 0 Å². The Morgan fingerprint density at radius 2 is 2.25 bits per heavy atom. The van der Waals surface area contributed by atoms with E-state index in [4.69, 9.17) is 14.6 Å². The summed E-state index contributed by atoms with van der Waals surface area (Å²) in [5, 5.41) is 8.71. The molecule has 0 fully saturated rings. The van der Waals surface area contributed by atoms with E-state index < -0.39 is 11.2 Å². The van der Waals surface area contributed by atoms with Crippen molar-refractivity contribution in [1.82, 2.24) is 14.7 Å². The number of hydrogen-bond donors (Lipinski definition) is 3. The quantitative estimate of drug-likeness (QED) is 0.510. The normalized spacial score (nSPS) is 12.2. The SMILES string of the molecule is COCCCNS(=O)Nc1ncnc(OCCO)c1Br. The van der Waals surface area contributed by atoms with Crippen LogP contribution in [0.3, 0.4) is 0 Å². The zero-order valence-electron chi connectivity index (χ0n) is 11.0. The highest BCUT2D eigenvalue weighted by atomic mass is 79.9. The number of aliphatic hydroxyl groups excluding tert-OH is 1. The summed E-state index contributed by atoms with van der Waals surface area (Å²) in [7, 11) is 1.61. The summed E-state index contributed by atoms with van der Waals surface area (Å²) in [4.78, 5) is 7.87. The Kier molecular flexibility index (Phi) is 8.62. The third-order valence-corrected chi connectivity index (χ3v) is 3.60. The molecule has 3 N–H and O–H groups in total. The fourth-order valence-electron chi connectivity index (χ4n) is 1.17. The van der Waals surface area contributed by atoms with E-state index in [1.807, 2.05) is 0 Å². The Morgan fingerprint density at radius 3 is 2.95 bits per heavy atom. The minimum absolute atomic E-state index is 0.118. The molecular weight excluding hydrogens is 352 g/mol. The molecule has 0 bridgehead atoms. The van der Waals surface area contributed by atoms with Crippen LogP contribution in [0.2, 0.25) is 0 Å². The van der Waals surface area contributed by atoms with Crippen LogP contribution in [-0.2, 0) is 15.9 Å². The van der Waals surface area contributed by atoms with Gasteiger partial charge in [0.25, 0.3) is 0 Å².